The van der Waals surface area contributed by atoms with E-state index in [1.807, 2.05) is 13.8 Å². The summed E-state index contributed by atoms with van der Waals surface area (Å²) in [5.74, 6) is -1.80. The molecule has 0 spiro atoms. The molecule has 14 nitrogen and oxygen atoms in total. The first-order valence-electron chi connectivity index (χ1n) is 15.5. The van der Waals surface area contributed by atoms with Crippen LogP contribution in [0.4, 0.5) is 35.9 Å². The van der Waals surface area contributed by atoms with Crippen LogP contribution < -0.4 is 30.7 Å². The molecule has 0 unspecified atom stereocenters. The predicted molar refractivity (Wildman–Crippen MR) is 183 cm³/mol. The SMILES string of the molecule is CC1(C)CNC(=O)c2ccc(cc2)Nc2nc(nc(OCC(F)(F)F)n2)NCc2ccc(c(Cl)c2)OCCCN(C(=O)C(=O)Nc2nccs2)C1. The second-order valence-corrected chi connectivity index (χ2v) is 13.4. The summed E-state index contributed by atoms with van der Waals surface area (Å²) in [5.41, 5.74) is 0.745. The molecule has 6 bridgehead atoms. The molecule has 2 aromatic carbocycles. The molecule has 0 saturated heterocycles. The molecule has 4 aliphatic heterocycles. The molecule has 0 aliphatic carbocycles. The fourth-order valence-electron chi connectivity index (χ4n) is 4.75. The Morgan fingerprint density at radius 2 is 1.86 bits per heavy atom. The molecule has 0 atom stereocenters. The molecule has 270 valence electrons. The van der Waals surface area contributed by atoms with E-state index in [1.54, 1.807) is 35.7 Å². The Labute approximate surface area is 299 Å². The van der Waals surface area contributed by atoms with E-state index in [-0.39, 0.29) is 49.7 Å². The molecule has 0 saturated carbocycles. The molecule has 3 amide bonds. The first-order chi connectivity index (χ1) is 24.2. The van der Waals surface area contributed by atoms with E-state index in [0.29, 0.717) is 34.1 Å². The molecule has 2 aromatic heterocycles. The topological polar surface area (TPSA) is 173 Å². The van der Waals surface area contributed by atoms with Crippen LogP contribution in [-0.2, 0) is 16.1 Å². The van der Waals surface area contributed by atoms with E-state index in [2.05, 4.69) is 41.2 Å². The second-order valence-electron chi connectivity index (χ2n) is 12.1. The summed E-state index contributed by atoms with van der Waals surface area (Å²) in [6.07, 6.45) is -2.76. The van der Waals surface area contributed by atoms with Crippen molar-refractivity contribution in [2.75, 3.05) is 48.8 Å². The van der Waals surface area contributed by atoms with Gasteiger partial charge >= 0.3 is 24.0 Å². The van der Waals surface area contributed by atoms with Gasteiger partial charge in [-0.25, -0.2) is 4.98 Å². The van der Waals surface area contributed by atoms with Gasteiger partial charge in [-0.2, -0.15) is 28.1 Å². The Balaban J connectivity index is 1.38. The van der Waals surface area contributed by atoms with Crippen LogP contribution in [0.15, 0.2) is 54.0 Å². The molecule has 8 rings (SSSR count). The number of carbonyl (C=O) groups excluding carboxylic acids is 3. The van der Waals surface area contributed by atoms with Crippen LogP contribution in [0, 0.1) is 5.41 Å². The van der Waals surface area contributed by atoms with E-state index in [1.165, 1.54) is 34.6 Å². The number of thiazole rings is 1. The van der Waals surface area contributed by atoms with Gasteiger partial charge in [-0.3, -0.25) is 19.7 Å². The number of halogens is 4. The van der Waals surface area contributed by atoms with Crippen molar-refractivity contribution in [3.8, 4) is 11.8 Å². The molecular weight excluding hydrogens is 715 g/mol. The number of ether oxygens (including phenoxy) is 2. The summed E-state index contributed by atoms with van der Waals surface area (Å²) in [6, 6.07) is 10.7. The van der Waals surface area contributed by atoms with Crippen molar-refractivity contribution in [2.24, 2.45) is 5.41 Å². The molecule has 4 aliphatic rings. The van der Waals surface area contributed by atoms with Gasteiger partial charge in [-0.1, -0.05) is 31.5 Å². The quantitative estimate of drug-likeness (QED) is 0.201. The van der Waals surface area contributed by atoms with Gasteiger partial charge in [0.15, 0.2) is 11.7 Å². The number of nitrogens with one attached hydrogen (secondary N) is 4. The average Bonchev–Trinajstić information content (AvgIpc) is 3.60. The molecule has 0 fully saturated rings. The van der Waals surface area contributed by atoms with Crippen LogP contribution >= 0.6 is 22.9 Å². The van der Waals surface area contributed by atoms with Crippen LogP contribution in [0.1, 0.15) is 36.2 Å². The predicted octanol–water partition coefficient (Wildman–Crippen LogP) is 5.28. The number of anilines is 4. The standard InChI is InChI=1S/C32H33ClF3N9O5S/c1-31(2)16-39-24(46)20-5-7-21(8-6-20)40-28-42-27(43-29(44-28)50-18-32(34,35)36)38-15-19-4-9-23(22(33)14-19)49-12-3-11-45(17-31)26(48)25(47)41-30-37-10-13-51-30/h4-10,13-14H,3,11-12,15-18H2,1-2H3,(H,39,46)(H,37,41,47)(H2,38,40,42,43,44). The third-order valence-electron chi connectivity index (χ3n) is 7.14. The molecule has 51 heavy (non-hydrogen) atoms. The molecule has 4 N–H and O–H groups in total. The van der Waals surface area contributed by atoms with E-state index in [9.17, 15) is 27.6 Å². The first-order valence-corrected chi connectivity index (χ1v) is 16.7. The van der Waals surface area contributed by atoms with Gasteiger partial charge in [0.25, 0.3) is 5.91 Å². The number of alkyl halides is 3. The Kier molecular flexibility index (Phi) is 11.8. The normalized spacial score (nSPS) is 15.4. The van der Waals surface area contributed by atoms with Gasteiger partial charge < -0.3 is 30.3 Å². The zero-order valence-corrected chi connectivity index (χ0v) is 28.9. The molecule has 0 radical (unpaired) electrons. The number of amides is 3. The number of hydrogen-bond donors (Lipinski definition) is 4. The highest BCUT2D eigenvalue weighted by atomic mass is 35.5. The summed E-state index contributed by atoms with van der Waals surface area (Å²) >= 11 is 7.67. The third kappa shape index (κ3) is 11.1. The Morgan fingerprint density at radius 1 is 1.10 bits per heavy atom. The molecule has 19 heteroatoms. The molecular formula is C32H33ClF3N9O5S. The smallest absolute Gasteiger partial charge is 0.422 e. The van der Waals surface area contributed by atoms with Crippen LogP contribution in [0.5, 0.6) is 11.8 Å². The highest BCUT2D eigenvalue weighted by molar-refractivity contribution is 7.13. The Morgan fingerprint density at radius 3 is 2.57 bits per heavy atom. The van der Waals surface area contributed by atoms with Gasteiger partial charge in [-0.15, -0.1) is 11.3 Å². The highest BCUT2D eigenvalue weighted by Crippen LogP contribution is 2.27. The van der Waals surface area contributed by atoms with Crippen LogP contribution in [0.3, 0.4) is 0 Å². The summed E-state index contributed by atoms with van der Waals surface area (Å²) < 4.78 is 49.3. The summed E-state index contributed by atoms with van der Waals surface area (Å²) in [7, 11) is 0. The van der Waals surface area contributed by atoms with E-state index in [0.717, 1.165) is 0 Å². The molecule has 6 heterocycles. The van der Waals surface area contributed by atoms with Crippen molar-refractivity contribution in [3.05, 3.63) is 70.2 Å². The number of hydrogen-bond acceptors (Lipinski definition) is 12. The lowest BCUT2D eigenvalue weighted by molar-refractivity contribution is -0.154. The van der Waals surface area contributed by atoms with Crippen molar-refractivity contribution in [2.45, 2.75) is 33.0 Å². The monoisotopic (exact) mass is 747 g/mol. The average molecular weight is 748 g/mol. The Bertz CT molecular complexity index is 1850. The minimum Gasteiger partial charge on any atom is -0.492 e. The van der Waals surface area contributed by atoms with Crippen LogP contribution in [0.2, 0.25) is 5.02 Å². The van der Waals surface area contributed by atoms with E-state index in [4.69, 9.17) is 21.1 Å². The van der Waals surface area contributed by atoms with Crippen molar-refractivity contribution < 1.29 is 37.0 Å². The second kappa shape index (κ2) is 16.2. The number of rotatable bonds is 3. The van der Waals surface area contributed by atoms with Crippen LogP contribution in [-0.4, -0.2) is 81.6 Å². The van der Waals surface area contributed by atoms with Crippen LogP contribution in [0.25, 0.3) is 0 Å². The Hall–Kier alpha value is -5.23. The lowest BCUT2D eigenvalue weighted by Gasteiger charge is -2.32. The fraction of sp³-hybridized carbons (Fsp3) is 0.344. The van der Waals surface area contributed by atoms with Crippen molar-refractivity contribution in [1.29, 1.82) is 0 Å². The van der Waals surface area contributed by atoms with Gasteiger partial charge in [0.1, 0.15) is 5.75 Å². The number of aromatic nitrogens is 4. The summed E-state index contributed by atoms with van der Waals surface area (Å²) in [4.78, 5) is 56.8. The largest absolute Gasteiger partial charge is 0.492 e. The minimum atomic E-state index is -4.62. The summed E-state index contributed by atoms with van der Waals surface area (Å²) in [5, 5.41) is 13.5. The zero-order valence-electron chi connectivity index (χ0n) is 27.3. The number of nitrogens with zero attached hydrogens (tertiary/aromatic N) is 5. The van der Waals surface area contributed by atoms with E-state index < -0.39 is 41.9 Å². The number of carbonyl (C=O) groups is 3. The van der Waals surface area contributed by atoms with Gasteiger partial charge in [0, 0.05) is 49.0 Å². The maximum absolute atomic E-state index is 13.3. The van der Waals surface area contributed by atoms with E-state index >= 15 is 0 Å². The van der Waals surface area contributed by atoms with Gasteiger partial charge in [0.05, 0.1) is 11.6 Å². The third-order valence-corrected chi connectivity index (χ3v) is 8.12. The minimum absolute atomic E-state index is 0.0753. The van der Waals surface area contributed by atoms with Crippen molar-refractivity contribution >= 4 is 63.4 Å². The maximum Gasteiger partial charge on any atom is 0.422 e. The fourth-order valence-corrected chi connectivity index (χ4v) is 5.53. The maximum atomic E-state index is 13.3. The lowest BCUT2D eigenvalue weighted by atomic mass is 9.92. The van der Waals surface area contributed by atoms with Gasteiger partial charge in [0.2, 0.25) is 11.9 Å². The van der Waals surface area contributed by atoms with Gasteiger partial charge in [-0.05, 0) is 53.8 Å². The first kappa shape index (κ1) is 37.0. The summed E-state index contributed by atoms with van der Waals surface area (Å²) in [6.45, 7) is 2.83. The zero-order chi connectivity index (χ0) is 36.6. The molecule has 4 aromatic rings. The lowest BCUT2D eigenvalue weighted by Crippen LogP contribution is -2.48. The number of benzene rings is 2. The highest BCUT2D eigenvalue weighted by Gasteiger charge is 2.30. The van der Waals surface area contributed by atoms with Crippen molar-refractivity contribution in [1.82, 2.24) is 30.2 Å². The van der Waals surface area contributed by atoms with Crippen molar-refractivity contribution in [3.63, 3.8) is 0 Å².